The summed E-state index contributed by atoms with van der Waals surface area (Å²) in [5.74, 6) is 1.84. The van der Waals surface area contributed by atoms with Crippen molar-refractivity contribution in [3.05, 3.63) is 35.4 Å². The summed E-state index contributed by atoms with van der Waals surface area (Å²) >= 11 is 0. The zero-order valence-corrected chi connectivity index (χ0v) is 14.1. The van der Waals surface area contributed by atoms with Crippen LogP contribution >= 0.6 is 0 Å². The first kappa shape index (κ1) is 14.3. The van der Waals surface area contributed by atoms with Gasteiger partial charge in [0, 0.05) is 12.5 Å². The second-order valence-electron chi connectivity index (χ2n) is 7.22. The zero-order valence-electron chi connectivity index (χ0n) is 14.1. The number of methoxy groups -OCH3 is 2. The molecule has 126 valence electrons. The molecule has 0 N–H and O–H groups in total. The quantitative estimate of drug-likeness (QED) is 0.781. The first-order valence-electron chi connectivity index (χ1n) is 8.53. The fraction of sp³-hybridized carbons (Fsp3) is 0.526. The van der Waals surface area contributed by atoms with E-state index in [9.17, 15) is 4.79 Å². The highest BCUT2D eigenvalue weighted by molar-refractivity contribution is 5.87. The highest BCUT2D eigenvalue weighted by Crippen LogP contribution is 2.61. The fourth-order valence-electron chi connectivity index (χ4n) is 5.21. The van der Waals surface area contributed by atoms with Crippen LogP contribution in [0.5, 0.6) is 11.5 Å². The third kappa shape index (κ3) is 1.47. The van der Waals surface area contributed by atoms with Crippen LogP contribution in [0.25, 0.3) is 0 Å². The zero-order chi connectivity index (χ0) is 16.6. The fourth-order valence-corrected chi connectivity index (χ4v) is 5.21. The lowest BCUT2D eigenvalue weighted by Gasteiger charge is -2.38. The van der Waals surface area contributed by atoms with Crippen LogP contribution in [-0.4, -0.2) is 43.3 Å². The summed E-state index contributed by atoms with van der Waals surface area (Å²) in [6.07, 6.45) is 5.16. The Morgan fingerprint density at radius 3 is 2.75 bits per heavy atom. The summed E-state index contributed by atoms with van der Waals surface area (Å²) in [5.41, 5.74) is 1.83. The highest BCUT2D eigenvalue weighted by atomic mass is 16.5. The number of carbonyl (C=O) groups excluding carboxylic acids is 1. The van der Waals surface area contributed by atoms with Crippen molar-refractivity contribution in [1.29, 1.82) is 0 Å². The van der Waals surface area contributed by atoms with E-state index in [1.807, 2.05) is 11.0 Å². The van der Waals surface area contributed by atoms with Crippen LogP contribution in [0.1, 0.15) is 24.1 Å². The van der Waals surface area contributed by atoms with Gasteiger partial charge in [-0.1, -0.05) is 19.1 Å². The Morgan fingerprint density at radius 1 is 1.25 bits per heavy atom. The van der Waals surface area contributed by atoms with Gasteiger partial charge >= 0.3 is 0 Å². The van der Waals surface area contributed by atoms with E-state index in [2.05, 4.69) is 25.1 Å². The molecule has 2 fully saturated rings. The Labute approximate surface area is 141 Å². The molecular formula is C19H21NO4. The Kier molecular flexibility index (Phi) is 2.71. The Balaban J connectivity index is 1.70. The number of fused-ring (bicyclic) bond motifs is 4. The number of carbonyl (C=O) groups is 1. The maximum Gasteiger partial charge on any atom is 0.230 e. The van der Waals surface area contributed by atoms with Gasteiger partial charge in [0.1, 0.15) is 5.60 Å². The molecular weight excluding hydrogens is 306 g/mol. The van der Waals surface area contributed by atoms with Gasteiger partial charge in [-0.3, -0.25) is 4.79 Å². The summed E-state index contributed by atoms with van der Waals surface area (Å²) in [4.78, 5) is 15.1. The average molecular weight is 327 g/mol. The van der Waals surface area contributed by atoms with Gasteiger partial charge in [0.15, 0.2) is 11.5 Å². The minimum absolute atomic E-state index is 0.0617. The molecule has 5 heteroatoms. The third-order valence-corrected chi connectivity index (χ3v) is 6.27. The van der Waals surface area contributed by atoms with Crippen LogP contribution in [-0.2, 0) is 16.0 Å². The number of benzene rings is 1. The molecule has 0 saturated carbocycles. The molecule has 4 aliphatic heterocycles. The molecule has 4 heterocycles. The number of amides is 1. The van der Waals surface area contributed by atoms with E-state index in [1.165, 1.54) is 5.56 Å². The highest BCUT2D eigenvalue weighted by Gasteiger charge is 2.69. The van der Waals surface area contributed by atoms with Gasteiger partial charge in [0.05, 0.1) is 32.3 Å². The molecule has 0 radical (unpaired) electrons. The molecule has 1 aromatic carbocycles. The van der Waals surface area contributed by atoms with Crippen molar-refractivity contribution in [3.63, 3.8) is 0 Å². The van der Waals surface area contributed by atoms with E-state index >= 15 is 0 Å². The number of rotatable bonds is 2. The molecule has 1 spiro atoms. The van der Waals surface area contributed by atoms with Crippen LogP contribution in [0.2, 0.25) is 0 Å². The second kappa shape index (κ2) is 4.54. The molecule has 0 aliphatic carbocycles. The smallest absolute Gasteiger partial charge is 0.230 e. The van der Waals surface area contributed by atoms with Crippen LogP contribution in [0.15, 0.2) is 24.3 Å². The lowest BCUT2D eigenvalue weighted by atomic mass is 9.73. The van der Waals surface area contributed by atoms with Crippen molar-refractivity contribution in [2.45, 2.75) is 31.1 Å². The molecule has 0 aromatic heterocycles. The van der Waals surface area contributed by atoms with Crippen LogP contribution in [0.4, 0.5) is 0 Å². The number of hydrogen-bond donors (Lipinski definition) is 0. The summed E-state index contributed by atoms with van der Waals surface area (Å²) in [6.45, 7) is 2.87. The maximum absolute atomic E-state index is 13.1. The molecule has 0 unspecified atom stereocenters. The van der Waals surface area contributed by atoms with Gasteiger partial charge < -0.3 is 19.1 Å². The SMILES string of the molecule is COc1cc2c(cc1OC)[C@@H]1N(CC2)C(=O)[C@H]2[C@H](C)[C@@H]3C=C[C@]12O3. The topological polar surface area (TPSA) is 48.0 Å². The molecule has 5 rings (SSSR count). The van der Waals surface area contributed by atoms with Gasteiger partial charge in [0.2, 0.25) is 5.91 Å². The van der Waals surface area contributed by atoms with Crippen molar-refractivity contribution in [2.75, 3.05) is 20.8 Å². The van der Waals surface area contributed by atoms with Crippen molar-refractivity contribution in [1.82, 2.24) is 4.90 Å². The minimum atomic E-state index is -0.518. The third-order valence-electron chi connectivity index (χ3n) is 6.27. The first-order chi connectivity index (χ1) is 11.6. The summed E-state index contributed by atoms with van der Waals surface area (Å²) < 4.78 is 17.3. The van der Waals surface area contributed by atoms with Crippen LogP contribution < -0.4 is 9.47 Å². The van der Waals surface area contributed by atoms with E-state index in [-0.39, 0.29) is 29.9 Å². The summed E-state index contributed by atoms with van der Waals surface area (Å²) in [7, 11) is 3.30. The molecule has 5 atom stereocenters. The van der Waals surface area contributed by atoms with Crippen molar-refractivity contribution < 1.29 is 19.0 Å². The van der Waals surface area contributed by atoms with Crippen LogP contribution in [0, 0.1) is 11.8 Å². The molecule has 5 nitrogen and oxygen atoms in total. The van der Waals surface area contributed by atoms with Crippen LogP contribution in [0.3, 0.4) is 0 Å². The predicted molar refractivity (Wildman–Crippen MR) is 87.1 cm³/mol. The minimum Gasteiger partial charge on any atom is -0.493 e. The van der Waals surface area contributed by atoms with Crippen molar-refractivity contribution >= 4 is 5.91 Å². The average Bonchev–Trinajstić information content (AvgIpc) is 3.23. The van der Waals surface area contributed by atoms with Gasteiger partial charge in [-0.15, -0.1) is 0 Å². The largest absolute Gasteiger partial charge is 0.493 e. The van der Waals surface area contributed by atoms with E-state index in [1.54, 1.807) is 14.2 Å². The predicted octanol–water partition coefficient (Wildman–Crippen LogP) is 2.10. The molecule has 2 saturated heterocycles. The standard InChI is InChI=1S/C19H21NO4/c1-10-13-4-6-19(24-13)16(10)18(21)20-7-5-11-8-14(22-2)15(23-3)9-12(11)17(19)20/h4,6,8-10,13,16-17H,5,7H2,1-3H3/t10-,13+,16-,17+,19-/m1/s1. The number of hydrogen-bond acceptors (Lipinski definition) is 4. The molecule has 2 bridgehead atoms. The summed E-state index contributed by atoms with van der Waals surface area (Å²) in [6, 6.07) is 4.02. The number of nitrogens with zero attached hydrogens (tertiary/aromatic N) is 1. The molecule has 1 aromatic rings. The number of ether oxygens (including phenoxy) is 3. The first-order valence-corrected chi connectivity index (χ1v) is 8.53. The second-order valence-corrected chi connectivity index (χ2v) is 7.22. The summed E-state index contributed by atoms with van der Waals surface area (Å²) in [5, 5.41) is 0. The van der Waals surface area contributed by atoms with Gasteiger partial charge in [-0.25, -0.2) is 0 Å². The normalized spacial score (nSPS) is 38.1. The molecule has 4 aliphatic rings. The van der Waals surface area contributed by atoms with E-state index in [0.29, 0.717) is 5.75 Å². The van der Waals surface area contributed by atoms with E-state index < -0.39 is 5.60 Å². The van der Waals surface area contributed by atoms with Gasteiger partial charge in [-0.2, -0.15) is 0 Å². The van der Waals surface area contributed by atoms with E-state index in [4.69, 9.17) is 14.2 Å². The Hall–Kier alpha value is -2.01. The molecule has 1 amide bonds. The monoisotopic (exact) mass is 327 g/mol. The maximum atomic E-state index is 13.1. The van der Waals surface area contributed by atoms with Gasteiger partial charge in [-0.05, 0) is 29.7 Å². The lowest BCUT2D eigenvalue weighted by molar-refractivity contribution is -0.133. The van der Waals surface area contributed by atoms with Crippen molar-refractivity contribution in [2.24, 2.45) is 11.8 Å². The van der Waals surface area contributed by atoms with E-state index in [0.717, 1.165) is 24.3 Å². The lowest BCUT2D eigenvalue weighted by Crippen LogP contribution is -2.41. The molecule has 24 heavy (non-hydrogen) atoms. The van der Waals surface area contributed by atoms with Gasteiger partial charge in [0.25, 0.3) is 0 Å². The van der Waals surface area contributed by atoms with Crippen molar-refractivity contribution in [3.8, 4) is 11.5 Å². The Bertz CT molecular complexity index is 773. The Morgan fingerprint density at radius 2 is 2.00 bits per heavy atom.